The number of alkyl halides is 2. The second kappa shape index (κ2) is 7.47. The van der Waals surface area contributed by atoms with Crippen molar-refractivity contribution < 1.29 is 18.4 Å². The van der Waals surface area contributed by atoms with Gasteiger partial charge in [-0.1, -0.05) is 6.42 Å². The molecule has 1 saturated heterocycles. The predicted octanol–water partition coefficient (Wildman–Crippen LogP) is 2.65. The molecule has 0 aromatic heterocycles. The van der Waals surface area contributed by atoms with Crippen molar-refractivity contribution in [3.8, 4) is 0 Å². The molecule has 3 rings (SSSR count). The Bertz CT molecular complexity index is 666. The van der Waals surface area contributed by atoms with Crippen molar-refractivity contribution in [2.75, 3.05) is 30.4 Å². The fourth-order valence-corrected chi connectivity index (χ4v) is 3.64. The third-order valence-electron chi connectivity index (χ3n) is 4.98. The molecule has 0 saturated carbocycles. The molecule has 0 aliphatic carbocycles. The third kappa shape index (κ3) is 3.98. The van der Waals surface area contributed by atoms with Gasteiger partial charge in [-0.2, -0.15) is 0 Å². The van der Waals surface area contributed by atoms with E-state index in [0.29, 0.717) is 31.5 Å². The van der Waals surface area contributed by atoms with Gasteiger partial charge >= 0.3 is 0 Å². The summed E-state index contributed by atoms with van der Waals surface area (Å²) in [5.74, 6) is -0.158. The maximum Gasteiger partial charge on any atom is 0.251 e. The highest BCUT2D eigenvalue weighted by molar-refractivity contribution is 5.98. The summed E-state index contributed by atoms with van der Waals surface area (Å²) in [6.45, 7) is 0.161. The molecule has 136 valence electrons. The van der Waals surface area contributed by atoms with Gasteiger partial charge in [-0.25, -0.2) is 8.78 Å². The third-order valence-corrected chi connectivity index (χ3v) is 4.98. The molecule has 1 atom stereocenters. The van der Waals surface area contributed by atoms with Crippen LogP contribution in [0.2, 0.25) is 0 Å². The average Bonchev–Trinajstić information content (AvgIpc) is 2.58. The highest BCUT2D eigenvalue weighted by atomic mass is 19.3. The van der Waals surface area contributed by atoms with Crippen molar-refractivity contribution in [1.82, 2.24) is 4.90 Å². The van der Waals surface area contributed by atoms with Crippen molar-refractivity contribution in [3.05, 3.63) is 23.8 Å². The van der Waals surface area contributed by atoms with Crippen molar-refractivity contribution in [1.29, 1.82) is 0 Å². The van der Waals surface area contributed by atoms with Gasteiger partial charge in [0.25, 0.3) is 6.43 Å². The number of fused-ring (bicyclic) bond motifs is 1. The zero-order valence-electron chi connectivity index (χ0n) is 14.3. The molecule has 1 fully saturated rings. The van der Waals surface area contributed by atoms with E-state index < -0.39 is 12.5 Å². The number of nitrogens with one attached hydrogen (secondary N) is 1. The van der Waals surface area contributed by atoms with Crippen LogP contribution in [0.3, 0.4) is 0 Å². The summed E-state index contributed by atoms with van der Waals surface area (Å²) >= 11 is 0. The topological polar surface area (TPSA) is 52.7 Å². The fourth-order valence-electron chi connectivity index (χ4n) is 3.64. The lowest BCUT2D eigenvalue weighted by Gasteiger charge is -2.34. The van der Waals surface area contributed by atoms with Crippen LogP contribution in [0.15, 0.2) is 18.2 Å². The molecule has 0 spiro atoms. The molecule has 2 amide bonds. The number of hydrogen-bond acceptors (Lipinski definition) is 3. The Hall–Kier alpha value is -2.02. The first kappa shape index (κ1) is 17.8. The van der Waals surface area contributed by atoms with E-state index in [-0.39, 0.29) is 18.4 Å². The van der Waals surface area contributed by atoms with Gasteiger partial charge in [0, 0.05) is 24.8 Å². The highest BCUT2D eigenvalue weighted by Crippen LogP contribution is 2.29. The number of halogens is 2. The van der Waals surface area contributed by atoms with E-state index in [9.17, 15) is 18.4 Å². The first-order chi connectivity index (χ1) is 12.0. The lowest BCUT2D eigenvalue weighted by Crippen LogP contribution is -2.48. The number of carbonyl (C=O) groups excluding carboxylic acids is 2. The zero-order valence-corrected chi connectivity index (χ0v) is 14.3. The van der Waals surface area contributed by atoms with Crippen LogP contribution in [0.5, 0.6) is 0 Å². The number of amides is 2. The van der Waals surface area contributed by atoms with Crippen molar-refractivity contribution in [2.45, 2.75) is 44.6 Å². The van der Waals surface area contributed by atoms with Crippen molar-refractivity contribution in [3.63, 3.8) is 0 Å². The molecule has 2 aliphatic heterocycles. The fraction of sp³-hybridized carbons (Fsp3) is 0.556. The van der Waals surface area contributed by atoms with E-state index in [2.05, 4.69) is 5.32 Å². The maximum atomic E-state index is 12.7. The molecule has 0 bridgehead atoms. The van der Waals surface area contributed by atoms with E-state index in [1.165, 1.54) is 0 Å². The molecule has 0 radical (unpaired) electrons. The monoisotopic (exact) mass is 351 g/mol. The molecule has 2 aliphatic rings. The summed E-state index contributed by atoms with van der Waals surface area (Å²) in [5.41, 5.74) is 2.51. The van der Waals surface area contributed by atoms with Gasteiger partial charge in [-0.3, -0.25) is 14.5 Å². The van der Waals surface area contributed by atoms with E-state index in [0.717, 1.165) is 24.1 Å². The smallest absolute Gasteiger partial charge is 0.251 e. The van der Waals surface area contributed by atoms with Crippen LogP contribution in [0.4, 0.5) is 20.2 Å². The summed E-state index contributed by atoms with van der Waals surface area (Å²) < 4.78 is 25.5. The van der Waals surface area contributed by atoms with Gasteiger partial charge in [-0.15, -0.1) is 0 Å². The molecule has 1 aromatic carbocycles. The minimum atomic E-state index is -2.44. The van der Waals surface area contributed by atoms with Crippen LogP contribution in [-0.4, -0.2) is 49.3 Å². The Morgan fingerprint density at radius 2 is 2.12 bits per heavy atom. The van der Waals surface area contributed by atoms with E-state index in [1.54, 1.807) is 22.9 Å². The van der Waals surface area contributed by atoms with Crippen LogP contribution in [0.25, 0.3) is 0 Å². The second-order valence-electron chi connectivity index (χ2n) is 6.68. The minimum absolute atomic E-state index is 0.0779. The lowest BCUT2D eigenvalue weighted by molar-refractivity contribution is -0.123. The van der Waals surface area contributed by atoms with Crippen molar-refractivity contribution in [2.24, 2.45) is 0 Å². The highest BCUT2D eigenvalue weighted by Gasteiger charge is 2.30. The van der Waals surface area contributed by atoms with Crippen LogP contribution in [0, 0.1) is 0 Å². The summed E-state index contributed by atoms with van der Waals surface area (Å²) in [5, 5.41) is 2.86. The Labute approximate surface area is 146 Å². The number of nitrogens with zero attached hydrogens (tertiary/aromatic N) is 2. The Morgan fingerprint density at radius 1 is 1.32 bits per heavy atom. The standard InChI is InChI=1S/C18H23F2N3O2/c1-22-14-7-6-13(10-12(14)5-8-17(22)24)21-18(25)15-4-2-3-9-23(15)11-16(19)20/h6-7,10,15-16H,2-5,8-9,11H2,1H3,(H,21,25). The van der Waals surface area contributed by atoms with Gasteiger partial charge in [0.05, 0.1) is 12.6 Å². The Morgan fingerprint density at radius 3 is 2.88 bits per heavy atom. The van der Waals surface area contributed by atoms with Gasteiger partial charge in [0.2, 0.25) is 11.8 Å². The molecule has 1 N–H and O–H groups in total. The number of carbonyl (C=O) groups is 2. The van der Waals surface area contributed by atoms with Gasteiger partial charge < -0.3 is 10.2 Å². The number of benzene rings is 1. The van der Waals surface area contributed by atoms with E-state index in [4.69, 9.17) is 0 Å². The zero-order chi connectivity index (χ0) is 18.0. The summed E-state index contributed by atoms with van der Waals surface area (Å²) in [4.78, 5) is 27.5. The summed E-state index contributed by atoms with van der Waals surface area (Å²) in [6.07, 6.45) is 0.963. The SMILES string of the molecule is CN1C(=O)CCc2cc(NC(=O)C3CCCCN3CC(F)F)ccc21. The largest absolute Gasteiger partial charge is 0.325 e. The number of hydrogen-bond donors (Lipinski definition) is 1. The molecule has 1 aromatic rings. The first-order valence-electron chi connectivity index (χ1n) is 8.68. The van der Waals surface area contributed by atoms with E-state index in [1.807, 2.05) is 12.1 Å². The molecular formula is C18H23F2N3O2. The Kier molecular flexibility index (Phi) is 5.32. The molecule has 5 nitrogen and oxygen atoms in total. The predicted molar refractivity (Wildman–Crippen MR) is 92.0 cm³/mol. The van der Waals surface area contributed by atoms with Gasteiger partial charge in [0.15, 0.2) is 0 Å². The number of rotatable bonds is 4. The van der Waals surface area contributed by atoms with Crippen molar-refractivity contribution >= 4 is 23.2 Å². The van der Waals surface area contributed by atoms with Gasteiger partial charge in [-0.05, 0) is 49.6 Å². The van der Waals surface area contributed by atoms with E-state index >= 15 is 0 Å². The quantitative estimate of drug-likeness (QED) is 0.907. The van der Waals surface area contributed by atoms with Crippen LogP contribution in [0.1, 0.15) is 31.2 Å². The molecular weight excluding hydrogens is 328 g/mol. The normalized spacial score (nSPS) is 21.4. The molecule has 2 heterocycles. The molecule has 7 heteroatoms. The van der Waals surface area contributed by atoms with Crippen LogP contribution in [-0.2, 0) is 16.0 Å². The average molecular weight is 351 g/mol. The first-order valence-corrected chi connectivity index (χ1v) is 8.68. The Balaban J connectivity index is 1.71. The number of aryl methyl sites for hydroxylation is 1. The summed E-state index contributed by atoms with van der Waals surface area (Å²) in [7, 11) is 1.74. The molecule has 25 heavy (non-hydrogen) atoms. The molecule has 1 unspecified atom stereocenters. The van der Waals surface area contributed by atoms with Crippen LogP contribution >= 0.6 is 0 Å². The van der Waals surface area contributed by atoms with Gasteiger partial charge in [0.1, 0.15) is 0 Å². The number of piperidine rings is 1. The summed E-state index contributed by atoms with van der Waals surface area (Å²) in [6, 6.07) is 4.94. The second-order valence-corrected chi connectivity index (χ2v) is 6.68. The van der Waals surface area contributed by atoms with Crippen LogP contribution < -0.4 is 10.2 Å². The maximum absolute atomic E-state index is 12.7. The number of anilines is 2. The number of likely N-dealkylation sites (tertiary alicyclic amines) is 1. The minimum Gasteiger partial charge on any atom is -0.325 e. The lowest BCUT2D eigenvalue weighted by atomic mass is 9.99.